The summed E-state index contributed by atoms with van der Waals surface area (Å²) in [4.78, 5) is 4.27. The van der Waals surface area contributed by atoms with Crippen LogP contribution in [0.4, 0.5) is 5.69 Å². The van der Waals surface area contributed by atoms with Gasteiger partial charge in [-0.25, -0.2) is 4.99 Å². The van der Waals surface area contributed by atoms with Crippen molar-refractivity contribution in [3.63, 3.8) is 0 Å². The van der Waals surface area contributed by atoms with Crippen LogP contribution in [0.15, 0.2) is 43.1 Å². The van der Waals surface area contributed by atoms with E-state index in [9.17, 15) is 0 Å². The van der Waals surface area contributed by atoms with E-state index in [4.69, 9.17) is 0 Å². The Morgan fingerprint density at radius 3 is 3.08 bits per heavy atom. The maximum absolute atomic E-state index is 4.27. The summed E-state index contributed by atoms with van der Waals surface area (Å²) in [6.07, 6.45) is 0. The van der Waals surface area contributed by atoms with Crippen molar-refractivity contribution in [1.29, 1.82) is 0 Å². The third-order valence-corrected chi connectivity index (χ3v) is 2.61. The molecule has 0 unspecified atom stereocenters. The maximum Gasteiger partial charge on any atom is 0.205 e. The molecule has 5 heteroatoms. The number of halogens is 1. The summed E-state index contributed by atoms with van der Waals surface area (Å²) in [6, 6.07) is 5.83. The highest BCUT2D eigenvalue weighted by Gasteiger charge is 2.27. The van der Waals surface area contributed by atoms with Crippen molar-refractivity contribution in [3.05, 3.63) is 28.2 Å². The van der Waals surface area contributed by atoms with Crippen molar-refractivity contribution in [2.24, 2.45) is 20.4 Å². The first-order valence-electron chi connectivity index (χ1n) is 3.73. The molecule has 4 nitrogen and oxygen atoms in total. The van der Waals surface area contributed by atoms with Gasteiger partial charge >= 0.3 is 0 Å². The van der Waals surface area contributed by atoms with E-state index in [0.717, 1.165) is 21.4 Å². The van der Waals surface area contributed by atoms with Crippen LogP contribution in [0, 0.1) is 0 Å². The second-order valence-corrected chi connectivity index (χ2v) is 3.56. The zero-order valence-corrected chi connectivity index (χ0v) is 7.98. The Hall–Kier alpha value is -1.36. The van der Waals surface area contributed by atoms with E-state index in [1.54, 1.807) is 0 Å². The normalized spacial score (nSPS) is 16.7. The van der Waals surface area contributed by atoms with Crippen LogP contribution in [0.25, 0.3) is 0 Å². The van der Waals surface area contributed by atoms with Crippen LogP contribution < -0.4 is 0 Å². The lowest BCUT2D eigenvalue weighted by Crippen LogP contribution is -2.04. The molecule has 0 N–H and O–H groups in total. The standard InChI is InChI=1S/C8H3BrN4/c9-4-2-1-3-5-6(4)7-8(10-5)12-13-11-7/h1-3H. The van der Waals surface area contributed by atoms with Crippen LogP contribution in [0.2, 0.25) is 0 Å². The van der Waals surface area contributed by atoms with Gasteiger partial charge in [0.2, 0.25) is 5.84 Å². The molecule has 1 aromatic rings. The molecule has 0 atom stereocenters. The molecule has 0 saturated heterocycles. The predicted molar refractivity (Wildman–Crippen MR) is 52.6 cm³/mol. The smallest absolute Gasteiger partial charge is 0.205 e. The van der Waals surface area contributed by atoms with Crippen molar-refractivity contribution in [2.75, 3.05) is 0 Å². The quantitative estimate of drug-likeness (QED) is 0.663. The minimum atomic E-state index is 0.613. The van der Waals surface area contributed by atoms with Crippen LogP contribution in [-0.4, -0.2) is 11.5 Å². The predicted octanol–water partition coefficient (Wildman–Crippen LogP) is 2.66. The summed E-state index contributed by atoms with van der Waals surface area (Å²) >= 11 is 3.45. The highest BCUT2D eigenvalue weighted by atomic mass is 79.9. The Morgan fingerprint density at radius 2 is 2.15 bits per heavy atom. The summed E-state index contributed by atoms with van der Waals surface area (Å²) in [7, 11) is 0. The molecule has 0 bridgehead atoms. The number of nitrogens with zero attached hydrogens (tertiary/aromatic N) is 4. The number of fused-ring (bicyclic) bond motifs is 3. The molecular formula is C8H3BrN4. The van der Waals surface area contributed by atoms with E-state index in [2.05, 4.69) is 36.4 Å². The lowest BCUT2D eigenvalue weighted by Gasteiger charge is -1.98. The zero-order valence-electron chi connectivity index (χ0n) is 6.40. The Kier molecular flexibility index (Phi) is 1.26. The molecule has 3 rings (SSSR count). The van der Waals surface area contributed by atoms with Crippen molar-refractivity contribution < 1.29 is 0 Å². The van der Waals surface area contributed by atoms with E-state index in [0.29, 0.717) is 5.84 Å². The molecule has 62 valence electrons. The highest BCUT2D eigenvalue weighted by molar-refractivity contribution is 9.10. The Bertz CT molecular complexity index is 487. The van der Waals surface area contributed by atoms with Crippen molar-refractivity contribution in [3.8, 4) is 0 Å². The van der Waals surface area contributed by atoms with E-state index in [1.807, 2.05) is 18.2 Å². The van der Waals surface area contributed by atoms with Gasteiger partial charge in [-0.2, -0.15) is 0 Å². The molecule has 2 heterocycles. The Labute approximate surface area is 82.2 Å². The van der Waals surface area contributed by atoms with Gasteiger partial charge in [0.1, 0.15) is 5.71 Å². The summed E-state index contributed by atoms with van der Waals surface area (Å²) in [6.45, 7) is 0. The highest BCUT2D eigenvalue weighted by Crippen LogP contribution is 2.34. The average Bonchev–Trinajstić information content (AvgIpc) is 2.62. The molecule has 2 aliphatic heterocycles. The Balaban J connectivity index is 2.34. The van der Waals surface area contributed by atoms with Gasteiger partial charge in [0.15, 0.2) is 0 Å². The monoisotopic (exact) mass is 234 g/mol. The van der Waals surface area contributed by atoms with Gasteiger partial charge in [0, 0.05) is 10.0 Å². The van der Waals surface area contributed by atoms with E-state index < -0.39 is 0 Å². The van der Waals surface area contributed by atoms with Crippen LogP contribution >= 0.6 is 15.9 Å². The van der Waals surface area contributed by atoms with Gasteiger partial charge < -0.3 is 0 Å². The fourth-order valence-corrected chi connectivity index (χ4v) is 1.94. The fraction of sp³-hybridized carbons (Fsp3) is 0. The lowest BCUT2D eigenvalue weighted by atomic mass is 10.1. The number of hydrogen-bond donors (Lipinski definition) is 0. The SMILES string of the molecule is Brc1cccc2c1C1=NN=NC1=N2. The summed E-state index contributed by atoms with van der Waals surface area (Å²) in [5.74, 6) is 0.613. The van der Waals surface area contributed by atoms with Crippen LogP contribution in [0.5, 0.6) is 0 Å². The molecule has 0 radical (unpaired) electrons. The van der Waals surface area contributed by atoms with Gasteiger partial charge in [0.05, 0.1) is 5.69 Å². The average molecular weight is 235 g/mol. The first-order chi connectivity index (χ1) is 6.36. The number of amidine groups is 1. The summed E-state index contributed by atoms with van der Waals surface area (Å²) in [5.41, 5.74) is 2.66. The number of hydrogen-bond acceptors (Lipinski definition) is 4. The van der Waals surface area contributed by atoms with E-state index in [-0.39, 0.29) is 0 Å². The minimum absolute atomic E-state index is 0.613. The molecule has 1 aromatic carbocycles. The third kappa shape index (κ3) is 0.846. The topological polar surface area (TPSA) is 49.4 Å². The zero-order chi connectivity index (χ0) is 8.84. The van der Waals surface area contributed by atoms with Crippen molar-refractivity contribution in [2.45, 2.75) is 0 Å². The van der Waals surface area contributed by atoms with Gasteiger partial charge in [-0.1, -0.05) is 22.0 Å². The van der Waals surface area contributed by atoms with Crippen LogP contribution in [0.1, 0.15) is 5.56 Å². The van der Waals surface area contributed by atoms with Crippen LogP contribution in [-0.2, 0) is 0 Å². The van der Waals surface area contributed by atoms with Crippen LogP contribution in [0.3, 0.4) is 0 Å². The third-order valence-electron chi connectivity index (χ3n) is 1.95. The van der Waals surface area contributed by atoms with Gasteiger partial charge in [-0.15, -0.1) is 10.2 Å². The van der Waals surface area contributed by atoms with Gasteiger partial charge in [-0.05, 0) is 17.4 Å². The molecule has 0 fully saturated rings. The number of aliphatic imine (C=N–C) groups is 1. The first kappa shape index (κ1) is 7.08. The molecule has 0 saturated carbocycles. The van der Waals surface area contributed by atoms with E-state index in [1.165, 1.54) is 0 Å². The minimum Gasteiger partial charge on any atom is -0.225 e. The fourth-order valence-electron chi connectivity index (χ4n) is 1.39. The molecule has 0 aliphatic carbocycles. The molecule has 0 amide bonds. The molecule has 2 aliphatic rings. The summed E-state index contributed by atoms with van der Waals surface area (Å²) in [5, 5.41) is 11.3. The van der Waals surface area contributed by atoms with E-state index >= 15 is 0 Å². The van der Waals surface area contributed by atoms with Crippen molar-refractivity contribution in [1.82, 2.24) is 0 Å². The Morgan fingerprint density at radius 1 is 1.23 bits per heavy atom. The molecular weight excluding hydrogens is 232 g/mol. The second kappa shape index (κ2) is 2.32. The first-order valence-corrected chi connectivity index (χ1v) is 4.52. The maximum atomic E-state index is 4.27. The molecule has 0 spiro atoms. The molecule has 13 heavy (non-hydrogen) atoms. The summed E-state index contributed by atoms with van der Waals surface area (Å²) < 4.78 is 0.981. The van der Waals surface area contributed by atoms with Crippen molar-refractivity contribution >= 4 is 33.2 Å². The number of benzene rings is 1. The molecule has 0 aromatic heterocycles. The number of rotatable bonds is 0. The largest absolute Gasteiger partial charge is 0.225 e. The van der Waals surface area contributed by atoms with Gasteiger partial charge in [-0.3, -0.25) is 0 Å². The second-order valence-electron chi connectivity index (χ2n) is 2.71. The van der Waals surface area contributed by atoms with Gasteiger partial charge in [0.25, 0.3) is 0 Å². The lowest BCUT2D eigenvalue weighted by molar-refractivity contribution is 1.12.